The van der Waals surface area contributed by atoms with Crippen LogP contribution in [0.25, 0.3) is 22.2 Å². The van der Waals surface area contributed by atoms with Crippen LogP contribution in [0.2, 0.25) is 0 Å². The number of nitrogens with zero attached hydrogens (tertiary/aromatic N) is 4. The minimum Gasteiger partial charge on any atom is -0.497 e. The Morgan fingerprint density at radius 1 is 0.935 bits per heavy atom. The van der Waals surface area contributed by atoms with Crippen LogP contribution in [0.3, 0.4) is 0 Å². The van der Waals surface area contributed by atoms with Gasteiger partial charge in [-0.15, -0.1) is 10.2 Å². The average Bonchev–Trinajstić information content (AvgIpc) is 3.28. The smallest absolute Gasteiger partial charge is 0.289 e. The first-order valence-electron chi connectivity index (χ1n) is 10.2. The molecule has 0 spiro atoms. The maximum atomic E-state index is 12.8. The van der Waals surface area contributed by atoms with Crippen molar-refractivity contribution in [2.24, 2.45) is 0 Å². The molecule has 2 aromatic heterocycles. The van der Waals surface area contributed by atoms with Crippen LogP contribution < -0.4 is 9.64 Å². The number of ether oxygens (including phenoxy) is 1. The van der Waals surface area contributed by atoms with E-state index in [1.165, 1.54) is 0 Å². The van der Waals surface area contributed by atoms with Crippen LogP contribution in [0, 0.1) is 0 Å². The maximum absolute atomic E-state index is 12.8. The van der Waals surface area contributed by atoms with Crippen molar-refractivity contribution in [1.29, 1.82) is 0 Å². The number of furan rings is 1. The van der Waals surface area contributed by atoms with E-state index in [0.717, 1.165) is 33.8 Å². The molecule has 1 amide bonds. The molecule has 156 valence electrons. The standard InChI is InChI=1S/C24H22N4O3/c1-30-19-8-6-17(7-9-19)20-10-11-23(26-25-20)27-12-14-28(15-13-27)24(29)22-16-18-4-2-3-5-21(18)31-22/h2-11,16H,12-15H2,1H3. The fraction of sp³-hybridized carbons (Fsp3) is 0.208. The minimum atomic E-state index is -0.0724. The van der Waals surface area contributed by atoms with Crippen molar-refractivity contribution in [2.75, 3.05) is 38.2 Å². The van der Waals surface area contributed by atoms with Gasteiger partial charge in [0.15, 0.2) is 11.6 Å². The molecule has 1 aliphatic heterocycles. The summed E-state index contributed by atoms with van der Waals surface area (Å²) in [7, 11) is 1.65. The second-order valence-electron chi connectivity index (χ2n) is 7.43. The Hall–Kier alpha value is -3.87. The molecule has 0 atom stereocenters. The van der Waals surface area contributed by atoms with E-state index in [1.54, 1.807) is 7.11 Å². The molecule has 4 aromatic rings. The van der Waals surface area contributed by atoms with Crippen molar-refractivity contribution in [3.63, 3.8) is 0 Å². The van der Waals surface area contributed by atoms with Crippen molar-refractivity contribution in [3.05, 3.63) is 72.5 Å². The number of fused-ring (bicyclic) bond motifs is 1. The van der Waals surface area contributed by atoms with Crippen LogP contribution in [-0.4, -0.2) is 54.3 Å². The van der Waals surface area contributed by atoms with Gasteiger partial charge in [0.05, 0.1) is 12.8 Å². The molecule has 7 nitrogen and oxygen atoms in total. The molecular formula is C24H22N4O3. The van der Waals surface area contributed by atoms with Gasteiger partial charge in [-0.05, 0) is 48.5 Å². The largest absolute Gasteiger partial charge is 0.497 e. The zero-order chi connectivity index (χ0) is 21.2. The van der Waals surface area contributed by atoms with Gasteiger partial charge >= 0.3 is 0 Å². The van der Waals surface area contributed by atoms with Gasteiger partial charge in [-0.3, -0.25) is 4.79 Å². The van der Waals surface area contributed by atoms with E-state index in [-0.39, 0.29) is 5.91 Å². The number of benzene rings is 2. The van der Waals surface area contributed by atoms with Crippen molar-refractivity contribution in [2.45, 2.75) is 0 Å². The SMILES string of the molecule is COc1ccc(-c2ccc(N3CCN(C(=O)c4cc5ccccc5o4)CC3)nn2)cc1. The molecular weight excluding hydrogens is 392 g/mol. The van der Waals surface area contributed by atoms with Crippen LogP contribution in [0.4, 0.5) is 5.82 Å². The molecule has 0 N–H and O–H groups in total. The quantitative estimate of drug-likeness (QED) is 0.505. The van der Waals surface area contributed by atoms with Gasteiger partial charge < -0.3 is 19.0 Å². The van der Waals surface area contributed by atoms with Crippen molar-refractivity contribution in [3.8, 4) is 17.0 Å². The lowest BCUT2D eigenvalue weighted by Gasteiger charge is -2.34. The van der Waals surface area contributed by atoms with Gasteiger partial charge in [0.1, 0.15) is 11.3 Å². The number of aromatic nitrogens is 2. The molecule has 0 saturated carbocycles. The minimum absolute atomic E-state index is 0.0724. The normalized spacial score (nSPS) is 14.1. The molecule has 1 fully saturated rings. The zero-order valence-corrected chi connectivity index (χ0v) is 17.2. The number of hydrogen-bond acceptors (Lipinski definition) is 6. The Balaban J connectivity index is 1.23. The summed E-state index contributed by atoms with van der Waals surface area (Å²) in [5.74, 6) is 1.94. The summed E-state index contributed by atoms with van der Waals surface area (Å²) >= 11 is 0. The predicted octanol–water partition coefficient (Wildman–Crippen LogP) is 3.86. The number of piperazine rings is 1. The molecule has 1 saturated heterocycles. The van der Waals surface area contributed by atoms with Crippen molar-refractivity contribution in [1.82, 2.24) is 15.1 Å². The van der Waals surface area contributed by atoms with Gasteiger partial charge in [0, 0.05) is 37.1 Å². The van der Waals surface area contributed by atoms with Gasteiger partial charge in [-0.2, -0.15) is 0 Å². The Kier molecular flexibility index (Phi) is 5.00. The lowest BCUT2D eigenvalue weighted by molar-refractivity contribution is 0.0717. The lowest BCUT2D eigenvalue weighted by atomic mass is 10.1. The van der Waals surface area contributed by atoms with Crippen LogP contribution in [-0.2, 0) is 0 Å². The van der Waals surface area contributed by atoms with Crippen molar-refractivity contribution >= 4 is 22.7 Å². The molecule has 7 heteroatoms. The van der Waals surface area contributed by atoms with E-state index in [4.69, 9.17) is 9.15 Å². The number of rotatable bonds is 4. The zero-order valence-electron chi connectivity index (χ0n) is 17.2. The second kappa shape index (κ2) is 8.10. The van der Waals surface area contributed by atoms with Gasteiger partial charge in [-0.1, -0.05) is 18.2 Å². The highest BCUT2D eigenvalue weighted by atomic mass is 16.5. The fourth-order valence-electron chi connectivity index (χ4n) is 3.79. The number of carbonyl (C=O) groups is 1. The fourth-order valence-corrected chi connectivity index (χ4v) is 3.79. The van der Waals surface area contributed by atoms with Crippen LogP contribution in [0.1, 0.15) is 10.6 Å². The van der Waals surface area contributed by atoms with Gasteiger partial charge in [0.2, 0.25) is 0 Å². The lowest BCUT2D eigenvalue weighted by Crippen LogP contribution is -2.49. The van der Waals surface area contributed by atoms with E-state index in [0.29, 0.717) is 31.9 Å². The highest BCUT2D eigenvalue weighted by Crippen LogP contribution is 2.23. The maximum Gasteiger partial charge on any atom is 0.289 e. The Bertz CT molecular complexity index is 1160. The summed E-state index contributed by atoms with van der Waals surface area (Å²) in [4.78, 5) is 16.8. The van der Waals surface area contributed by atoms with E-state index < -0.39 is 0 Å². The Morgan fingerprint density at radius 3 is 2.39 bits per heavy atom. The third-order valence-corrected chi connectivity index (χ3v) is 5.56. The molecule has 31 heavy (non-hydrogen) atoms. The number of hydrogen-bond donors (Lipinski definition) is 0. The van der Waals surface area contributed by atoms with E-state index in [1.807, 2.05) is 71.6 Å². The van der Waals surface area contributed by atoms with Crippen LogP contribution in [0.15, 0.2) is 71.1 Å². The van der Waals surface area contributed by atoms with Crippen LogP contribution >= 0.6 is 0 Å². The monoisotopic (exact) mass is 414 g/mol. The number of amides is 1. The highest BCUT2D eigenvalue weighted by molar-refractivity contribution is 5.96. The Labute approximate surface area is 179 Å². The molecule has 0 aliphatic carbocycles. The number of methoxy groups -OCH3 is 1. The topological polar surface area (TPSA) is 71.7 Å². The first-order valence-corrected chi connectivity index (χ1v) is 10.2. The summed E-state index contributed by atoms with van der Waals surface area (Å²) in [6, 6.07) is 21.2. The first kappa shape index (κ1) is 19.1. The molecule has 2 aromatic carbocycles. The molecule has 3 heterocycles. The van der Waals surface area contributed by atoms with Gasteiger partial charge in [-0.25, -0.2) is 0 Å². The van der Waals surface area contributed by atoms with E-state index >= 15 is 0 Å². The number of anilines is 1. The van der Waals surface area contributed by atoms with Crippen molar-refractivity contribution < 1.29 is 13.9 Å². The number of carbonyl (C=O) groups excluding carboxylic acids is 1. The summed E-state index contributed by atoms with van der Waals surface area (Å²) < 4.78 is 10.9. The molecule has 5 rings (SSSR count). The molecule has 1 aliphatic rings. The number of para-hydroxylation sites is 1. The Morgan fingerprint density at radius 2 is 1.71 bits per heavy atom. The highest BCUT2D eigenvalue weighted by Gasteiger charge is 2.25. The average molecular weight is 414 g/mol. The van der Waals surface area contributed by atoms with Crippen LogP contribution in [0.5, 0.6) is 5.75 Å². The summed E-state index contributed by atoms with van der Waals surface area (Å²) in [6.07, 6.45) is 0. The third kappa shape index (κ3) is 3.82. The molecule has 0 bridgehead atoms. The summed E-state index contributed by atoms with van der Waals surface area (Å²) in [6.45, 7) is 2.61. The third-order valence-electron chi connectivity index (χ3n) is 5.56. The van der Waals surface area contributed by atoms with E-state index in [9.17, 15) is 4.79 Å². The first-order chi connectivity index (χ1) is 15.2. The second-order valence-corrected chi connectivity index (χ2v) is 7.43. The summed E-state index contributed by atoms with van der Waals surface area (Å²) in [5.41, 5.74) is 2.53. The molecule has 0 radical (unpaired) electrons. The molecule has 0 unspecified atom stereocenters. The predicted molar refractivity (Wildman–Crippen MR) is 118 cm³/mol. The van der Waals surface area contributed by atoms with E-state index in [2.05, 4.69) is 15.1 Å². The van der Waals surface area contributed by atoms with Gasteiger partial charge in [0.25, 0.3) is 5.91 Å². The summed E-state index contributed by atoms with van der Waals surface area (Å²) in [5, 5.41) is 9.72.